The molecule has 2 aromatic rings. The number of nitrogens with zero attached hydrogens (tertiary/aromatic N) is 1. The Morgan fingerprint density at radius 2 is 1.53 bits per heavy atom. The molecular formula is C17H11NO. The molecule has 0 radical (unpaired) electrons. The predicted molar refractivity (Wildman–Crippen MR) is 76.3 cm³/mol. The van der Waals surface area contributed by atoms with Gasteiger partial charge in [0.05, 0.1) is 5.69 Å². The van der Waals surface area contributed by atoms with Gasteiger partial charge in [-0.1, -0.05) is 36.4 Å². The van der Waals surface area contributed by atoms with Crippen molar-refractivity contribution in [3.05, 3.63) is 66.2 Å². The molecule has 0 saturated carbocycles. The standard InChI is InChI=1S/C17H11NO/c1-2-3-14-18(16-12-8-5-9-13-16)17(19)15-10-6-4-7-11-15/h1,4-13H. The first-order chi connectivity index (χ1) is 9.33. The molecule has 2 nitrogen and oxygen atoms in total. The molecule has 0 saturated heterocycles. The molecule has 90 valence electrons. The van der Waals surface area contributed by atoms with Crippen LogP contribution in [0.2, 0.25) is 0 Å². The number of hydrogen-bond acceptors (Lipinski definition) is 1. The molecule has 19 heavy (non-hydrogen) atoms. The van der Waals surface area contributed by atoms with E-state index in [1.54, 1.807) is 12.1 Å². The second kappa shape index (κ2) is 6.10. The van der Waals surface area contributed by atoms with Gasteiger partial charge < -0.3 is 0 Å². The van der Waals surface area contributed by atoms with Gasteiger partial charge in [-0.25, -0.2) is 4.90 Å². The summed E-state index contributed by atoms with van der Waals surface area (Å²) in [5.74, 6) is 4.50. The van der Waals surface area contributed by atoms with Crippen molar-refractivity contribution in [1.82, 2.24) is 0 Å². The second-order valence-corrected chi connectivity index (χ2v) is 3.72. The molecule has 2 aromatic carbocycles. The molecule has 2 rings (SSSR count). The summed E-state index contributed by atoms with van der Waals surface area (Å²) in [6.07, 6.45) is 5.13. The summed E-state index contributed by atoms with van der Waals surface area (Å²) in [4.78, 5) is 13.8. The minimum atomic E-state index is -0.199. The molecule has 0 aliphatic carbocycles. The topological polar surface area (TPSA) is 20.3 Å². The molecule has 0 atom stereocenters. The normalized spacial score (nSPS) is 8.79. The van der Waals surface area contributed by atoms with E-state index in [0.717, 1.165) is 0 Å². The van der Waals surface area contributed by atoms with Crippen LogP contribution in [-0.4, -0.2) is 5.91 Å². The van der Waals surface area contributed by atoms with Crippen molar-refractivity contribution in [3.63, 3.8) is 0 Å². The molecule has 0 unspecified atom stereocenters. The largest absolute Gasteiger partial charge is 0.270 e. The van der Waals surface area contributed by atoms with Gasteiger partial charge in [-0.2, -0.15) is 0 Å². The van der Waals surface area contributed by atoms with Crippen molar-refractivity contribution in [2.24, 2.45) is 0 Å². The van der Waals surface area contributed by atoms with Crippen molar-refractivity contribution in [2.45, 2.75) is 0 Å². The van der Waals surface area contributed by atoms with Crippen LogP contribution in [0.15, 0.2) is 60.7 Å². The van der Waals surface area contributed by atoms with E-state index in [1.165, 1.54) is 4.90 Å². The lowest BCUT2D eigenvalue weighted by Crippen LogP contribution is -2.25. The van der Waals surface area contributed by atoms with Crippen LogP contribution in [0.25, 0.3) is 0 Å². The summed E-state index contributed by atoms with van der Waals surface area (Å²) < 4.78 is 0. The van der Waals surface area contributed by atoms with Crippen LogP contribution in [0.5, 0.6) is 0 Å². The minimum Gasteiger partial charge on any atom is -0.268 e. The average molecular weight is 245 g/mol. The maximum Gasteiger partial charge on any atom is 0.270 e. The molecule has 0 bridgehead atoms. The van der Waals surface area contributed by atoms with Crippen molar-refractivity contribution in [3.8, 4) is 24.3 Å². The summed E-state index contributed by atoms with van der Waals surface area (Å²) in [6, 6.07) is 20.8. The zero-order valence-corrected chi connectivity index (χ0v) is 10.2. The van der Waals surface area contributed by atoms with Crippen LogP contribution in [0.4, 0.5) is 5.69 Å². The summed E-state index contributed by atoms with van der Waals surface area (Å²) in [6.45, 7) is 0. The lowest BCUT2D eigenvalue weighted by Gasteiger charge is -2.15. The first kappa shape index (κ1) is 12.5. The Labute approximate surface area is 112 Å². The van der Waals surface area contributed by atoms with Crippen LogP contribution in [0.1, 0.15) is 10.4 Å². The highest BCUT2D eigenvalue weighted by molar-refractivity contribution is 6.08. The van der Waals surface area contributed by atoms with Gasteiger partial charge in [0.15, 0.2) is 0 Å². The van der Waals surface area contributed by atoms with Crippen LogP contribution in [0, 0.1) is 24.3 Å². The minimum absolute atomic E-state index is 0.199. The fourth-order valence-corrected chi connectivity index (χ4v) is 1.61. The summed E-state index contributed by atoms with van der Waals surface area (Å²) in [5, 5.41) is 0. The van der Waals surface area contributed by atoms with Gasteiger partial charge >= 0.3 is 0 Å². The molecule has 0 heterocycles. The molecule has 0 fully saturated rings. The third-order valence-corrected chi connectivity index (χ3v) is 2.48. The molecule has 0 aliphatic rings. The van der Waals surface area contributed by atoms with E-state index in [4.69, 9.17) is 6.42 Å². The van der Waals surface area contributed by atoms with E-state index in [1.807, 2.05) is 48.5 Å². The number of para-hydroxylation sites is 1. The summed E-state index contributed by atoms with van der Waals surface area (Å²) in [7, 11) is 0. The number of anilines is 1. The Hall–Kier alpha value is -2.97. The van der Waals surface area contributed by atoms with Gasteiger partial charge in [-0.15, -0.1) is 6.42 Å². The molecule has 0 spiro atoms. The molecular weight excluding hydrogens is 234 g/mol. The van der Waals surface area contributed by atoms with Crippen molar-refractivity contribution in [1.29, 1.82) is 0 Å². The summed E-state index contributed by atoms with van der Waals surface area (Å²) in [5.41, 5.74) is 1.26. The zero-order chi connectivity index (χ0) is 13.5. The molecule has 1 amide bonds. The predicted octanol–water partition coefficient (Wildman–Crippen LogP) is 2.93. The van der Waals surface area contributed by atoms with E-state index < -0.39 is 0 Å². The van der Waals surface area contributed by atoms with Gasteiger partial charge in [0.1, 0.15) is 0 Å². The quantitative estimate of drug-likeness (QED) is 0.588. The smallest absolute Gasteiger partial charge is 0.268 e. The number of carbonyl (C=O) groups excluding carboxylic acids is 1. The van der Waals surface area contributed by atoms with E-state index in [-0.39, 0.29) is 5.91 Å². The van der Waals surface area contributed by atoms with Crippen LogP contribution in [0.3, 0.4) is 0 Å². The number of rotatable bonds is 2. The Morgan fingerprint density at radius 1 is 0.947 bits per heavy atom. The van der Waals surface area contributed by atoms with Crippen molar-refractivity contribution >= 4 is 11.6 Å². The summed E-state index contributed by atoms with van der Waals surface area (Å²) >= 11 is 0. The van der Waals surface area contributed by atoms with Crippen molar-refractivity contribution in [2.75, 3.05) is 4.90 Å². The molecule has 2 heteroatoms. The maximum atomic E-state index is 12.4. The van der Waals surface area contributed by atoms with E-state index >= 15 is 0 Å². The average Bonchev–Trinajstić information content (AvgIpc) is 2.49. The highest BCUT2D eigenvalue weighted by Crippen LogP contribution is 2.15. The molecule has 0 N–H and O–H groups in total. The van der Waals surface area contributed by atoms with Gasteiger partial charge in [0.2, 0.25) is 0 Å². The first-order valence-corrected chi connectivity index (χ1v) is 5.73. The van der Waals surface area contributed by atoms with Gasteiger partial charge in [-0.05, 0) is 30.2 Å². The lowest BCUT2D eigenvalue weighted by atomic mass is 10.2. The number of benzene rings is 2. The highest BCUT2D eigenvalue weighted by Gasteiger charge is 2.15. The number of amides is 1. The highest BCUT2D eigenvalue weighted by atomic mass is 16.2. The van der Waals surface area contributed by atoms with E-state index in [2.05, 4.69) is 17.9 Å². The molecule has 0 aromatic heterocycles. The lowest BCUT2D eigenvalue weighted by molar-refractivity contribution is 0.1000. The fraction of sp³-hybridized carbons (Fsp3) is 0. The molecule has 0 aliphatic heterocycles. The number of terminal acetylenes is 1. The third-order valence-electron chi connectivity index (χ3n) is 2.48. The van der Waals surface area contributed by atoms with E-state index in [9.17, 15) is 4.79 Å². The van der Waals surface area contributed by atoms with Gasteiger partial charge in [-0.3, -0.25) is 4.79 Å². The monoisotopic (exact) mass is 245 g/mol. The van der Waals surface area contributed by atoms with E-state index in [0.29, 0.717) is 11.3 Å². The third kappa shape index (κ3) is 3.03. The van der Waals surface area contributed by atoms with Crippen LogP contribution in [-0.2, 0) is 0 Å². The van der Waals surface area contributed by atoms with Gasteiger partial charge in [0, 0.05) is 17.5 Å². The number of hydrogen-bond donors (Lipinski definition) is 0. The van der Waals surface area contributed by atoms with Crippen LogP contribution < -0.4 is 4.90 Å². The second-order valence-electron chi connectivity index (χ2n) is 3.72. The Balaban J connectivity index is 2.40. The zero-order valence-electron chi connectivity index (χ0n) is 10.2. The number of carbonyl (C=O) groups is 1. The fourth-order valence-electron chi connectivity index (χ4n) is 1.61. The SMILES string of the molecule is C#CC#CN(C(=O)c1ccccc1)c1ccccc1. The Bertz CT molecular complexity index is 657. The Morgan fingerprint density at radius 3 is 2.11 bits per heavy atom. The first-order valence-electron chi connectivity index (χ1n) is 5.73. The van der Waals surface area contributed by atoms with Crippen molar-refractivity contribution < 1.29 is 4.79 Å². The van der Waals surface area contributed by atoms with Crippen LogP contribution >= 0.6 is 0 Å². The van der Waals surface area contributed by atoms with Gasteiger partial charge in [0.25, 0.3) is 5.91 Å². The maximum absolute atomic E-state index is 12.4. The Kier molecular flexibility index (Phi) is 4.01.